The number of carboxylic acid groups (broad SMARTS) is 1. The van der Waals surface area contributed by atoms with E-state index in [2.05, 4.69) is 10.6 Å². The van der Waals surface area contributed by atoms with Crippen molar-refractivity contribution in [2.24, 2.45) is 11.7 Å². The number of benzene rings is 1. The van der Waals surface area contributed by atoms with Gasteiger partial charge in [-0.1, -0.05) is 26.0 Å². The van der Waals surface area contributed by atoms with Gasteiger partial charge in [-0.15, -0.1) is 0 Å². The smallest absolute Gasteiger partial charge is 0.409 e. The first-order chi connectivity index (χ1) is 8.90. The third-order valence-corrected chi connectivity index (χ3v) is 2.69. The van der Waals surface area contributed by atoms with Gasteiger partial charge < -0.3 is 16.2 Å². The summed E-state index contributed by atoms with van der Waals surface area (Å²) in [5.74, 6) is -0.107. The lowest BCUT2D eigenvalue weighted by atomic mass is 10.0. The van der Waals surface area contributed by atoms with Crippen molar-refractivity contribution in [3.63, 3.8) is 0 Å². The van der Waals surface area contributed by atoms with Crippen molar-refractivity contribution in [2.75, 3.05) is 5.32 Å². The number of carbonyl (C=O) groups is 2. The third-order valence-electron chi connectivity index (χ3n) is 2.69. The monoisotopic (exact) mass is 265 g/mol. The third kappa shape index (κ3) is 4.97. The Morgan fingerprint density at radius 2 is 1.84 bits per heavy atom. The lowest BCUT2D eigenvalue weighted by Gasteiger charge is -2.15. The molecule has 1 atom stereocenters. The van der Waals surface area contributed by atoms with E-state index in [1.54, 1.807) is 24.3 Å². The molecular formula is C13H19N3O3. The van der Waals surface area contributed by atoms with Gasteiger partial charge in [0.05, 0.1) is 6.04 Å². The molecule has 6 heteroatoms. The van der Waals surface area contributed by atoms with E-state index in [-0.39, 0.29) is 11.8 Å². The van der Waals surface area contributed by atoms with Gasteiger partial charge in [-0.2, -0.15) is 0 Å². The number of nitrogens with two attached hydrogens (primary N) is 1. The molecular weight excluding hydrogens is 246 g/mol. The highest BCUT2D eigenvalue weighted by Gasteiger charge is 2.16. The molecule has 6 nitrogen and oxygen atoms in total. The predicted octanol–water partition coefficient (Wildman–Crippen LogP) is 1.38. The molecule has 0 saturated carbocycles. The van der Waals surface area contributed by atoms with Crippen LogP contribution in [0.25, 0.3) is 0 Å². The first-order valence-corrected chi connectivity index (χ1v) is 6.02. The van der Waals surface area contributed by atoms with E-state index in [0.29, 0.717) is 12.2 Å². The second kappa shape index (κ2) is 6.75. The maximum atomic E-state index is 11.6. The molecule has 19 heavy (non-hydrogen) atoms. The molecule has 1 aromatic rings. The summed E-state index contributed by atoms with van der Waals surface area (Å²) in [5, 5.41) is 13.5. The van der Waals surface area contributed by atoms with Crippen LogP contribution in [-0.2, 0) is 11.3 Å². The second-order valence-electron chi connectivity index (χ2n) is 4.61. The van der Waals surface area contributed by atoms with Crippen LogP contribution in [0.15, 0.2) is 24.3 Å². The van der Waals surface area contributed by atoms with E-state index in [9.17, 15) is 9.59 Å². The van der Waals surface area contributed by atoms with Crippen molar-refractivity contribution in [3.8, 4) is 0 Å². The van der Waals surface area contributed by atoms with Crippen molar-refractivity contribution in [2.45, 2.75) is 26.4 Å². The predicted molar refractivity (Wildman–Crippen MR) is 72.7 cm³/mol. The normalized spacial score (nSPS) is 12.0. The van der Waals surface area contributed by atoms with Crippen LogP contribution in [0.5, 0.6) is 0 Å². The standard InChI is InChI=1S/C13H19N3O3/c1-8(2)11(14)12(17)15-7-9-3-5-10(6-4-9)16-13(18)19/h3-6,8,11,16H,7,14H2,1-2H3,(H,15,17)(H,18,19). The van der Waals surface area contributed by atoms with E-state index in [1.807, 2.05) is 13.8 Å². The molecule has 2 amide bonds. The highest BCUT2D eigenvalue weighted by molar-refractivity contribution is 5.83. The van der Waals surface area contributed by atoms with Gasteiger partial charge in [0, 0.05) is 12.2 Å². The van der Waals surface area contributed by atoms with Crippen molar-refractivity contribution < 1.29 is 14.7 Å². The number of amides is 2. The number of hydrogen-bond donors (Lipinski definition) is 4. The zero-order valence-electron chi connectivity index (χ0n) is 11.0. The average Bonchev–Trinajstić information content (AvgIpc) is 2.35. The van der Waals surface area contributed by atoms with Gasteiger partial charge in [0.1, 0.15) is 0 Å². The first kappa shape index (κ1) is 15.0. The van der Waals surface area contributed by atoms with Crippen molar-refractivity contribution in [3.05, 3.63) is 29.8 Å². The Morgan fingerprint density at radius 3 is 2.32 bits per heavy atom. The minimum Gasteiger partial charge on any atom is -0.465 e. The number of hydrogen-bond acceptors (Lipinski definition) is 3. The highest BCUT2D eigenvalue weighted by atomic mass is 16.4. The van der Waals surface area contributed by atoms with Gasteiger partial charge in [-0.25, -0.2) is 4.79 Å². The Balaban J connectivity index is 2.50. The molecule has 0 heterocycles. The van der Waals surface area contributed by atoms with Crippen LogP contribution >= 0.6 is 0 Å². The fraction of sp³-hybridized carbons (Fsp3) is 0.385. The van der Waals surface area contributed by atoms with Gasteiger partial charge >= 0.3 is 6.09 Å². The second-order valence-corrected chi connectivity index (χ2v) is 4.61. The summed E-state index contributed by atoms with van der Waals surface area (Å²) >= 11 is 0. The Labute approximate surface area is 112 Å². The molecule has 0 aliphatic heterocycles. The van der Waals surface area contributed by atoms with Crippen LogP contribution in [-0.4, -0.2) is 23.1 Å². The van der Waals surface area contributed by atoms with Crippen LogP contribution in [0.1, 0.15) is 19.4 Å². The molecule has 104 valence electrons. The van der Waals surface area contributed by atoms with Crippen LogP contribution in [0.2, 0.25) is 0 Å². The van der Waals surface area contributed by atoms with Gasteiger partial charge in [0.2, 0.25) is 5.91 Å². The molecule has 0 spiro atoms. The lowest BCUT2D eigenvalue weighted by molar-refractivity contribution is -0.123. The van der Waals surface area contributed by atoms with Gasteiger partial charge in [0.15, 0.2) is 0 Å². The molecule has 5 N–H and O–H groups in total. The van der Waals surface area contributed by atoms with E-state index >= 15 is 0 Å². The Hall–Kier alpha value is -2.08. The Morgan fingerprint density at radius 1 is 1.26 bits per heavy atom. The molecule has 1 unspecified atom stereocenters. The van der Waals surface area contributed by atoms with Gasteiger partial charge in [-0.3, -0.25) is 10.1 Å². The molecule has 0 saturated heterocycles. The van der Waals surface area contributed by atoms with Crippen molar-refractivity contribution in [1.82, 2.24) is 5.32 Å². The van der Waals surface area contributed by atoms with E-state index < -0.39 is 12.1 Å². The summed E-state index contributed by atoms with van der Waals surface area (Å²) < 4.78 is 0. The summed E-state index contributed by atoms with van der Waals surface area (Å²) in [6.07, 6.45) is -1.11. The molecule has 0 bridgehead atoms. The van der Waals surface area contributed by atoms with Crippen LogP contribution < -0.4 is 16.4 Å². The Bertz CT molecular complexity index is 443. The SMILES string of the molecule is CC(C)C(N)C(=O)NCc1ccc(NC(=O)O)cc1. The summed E-state index contributed by atoms with van der Waals surface area (Å²) in [4.78, 5) is 22.1. The van der Waals surface area contributed by atoms with E-state index in [0.717, 1.165) is 5.56 Å². The molecule has 0 fully saturated rings. The van der Waals surface area contributed by atoms with Gasteiger partial charge in [0.25, 0.3) is 0 Å². The fourth-order valence-electron chi connectivity index (χ4n) is 1.44. The van der Waals surface area contributed by atoms with Crippen LogP contribution in [0.4, 0.5) is 10.5 Å². The number of anilines is 1. The average molecular weight is 265 g/mol. The van der Waals surface area contributed by atoms with Crippen LogP contribution in [0, 0.1) is 5.92 Å². The molecule has 1 aromatic carbocycles. The zero-order chi connectivity index (χ0) is 14.4. The van der Waals surface area contributed by atoms with E-state index in [4.69, 9.17) is 10.8 Å². The summed E-state index contributed by atoms with van der Waals surface area (Å²) in [5.41, 5.74) is 7.08. The molecule has 0 aliphatic rings. The molecule has 0 radical (unpaired) electrons. The lowest BCUT2D eigenvalue weighted by Crippen LogP contribution is -2.43. The highest BCUT2D eigenvalue weighted by Crippen LogP contribution is 2.09. The maximum Gasteiger partial charge on any atom is 0.409 e. The summed E-state index contributed by atoms with van der Waals surface area (Å²) in [6.45, 7) is 4.14. The zero-order valence-corrected chi connectivity index (χ0v) is 11.0. The first-order valence-electron chi connectivity index (χ1n) is 6.02. The summed E-state index contributed by atoms with van der Waals surface area (Å²) in [6, 6.07) is 6.24. The quantitative estimate of drug-likeness (QED) is 0.645. The molecule has 0 aromatic heterocycles. The molecule has 1 rings (SSSR count). The fourth-order valence-corrected chi connectivity index (χ4v) is 1.44. The van der Waals surface area contributed by atoms with Crippen LogP contribution in [0.3, 0.4) is 0 Å². The topological polar surface area (TPSA) is 104 Å². The largest absolute Gasteiger partial charge is 0.465 e. The molecule has 0 aliphatic carbocycles. The van der Waals surface area contributed by atoms with Crippen molar-refractivity contribution >= 4 is 17.7 Å². The maximum absolute atomic E-state index is 11.6. The Kier molecular flexibility index (Phi) is 5.32. The number of carbonyl (C=O) groups excluding carboxylic acids is 1. The van der Waals surface area contributed by atoms with Crippen molar-refractivity contribution in [1.29, 1.82) is 0 Å². The minimum absolute atomic E-state index is 0.0853. The van der Waals surface area contributed by atoms with E-state index in [1.165, 1.54) is 0 Å². The minimum atomic E-state index is -1.11. The number of rotatable bonds is 5. The van der Waals surface area contributed by atoms with Gasteiger partial charge in [-0.05, 0) is 23.6 Å². The number of nitrogens with one attached hydrogen (secondary N) is 2. The summed E-state index contributed by atoms with van der Waals surface area (Å²) in [7, 11) is 0.